The van der Waals surface area contributed by atoms with Crippen molar-refractivity contribution in [2.45, 2.75) is 26.7 Å². The third kappa shape index (κ3) is 22.5. The Labute approximate surface area is 93.8 Å². The number of halogens is 1. The molecule has 0 unspecified atom stereocenters. The van der Waals surface area contributed by atoms with E-state index in [9.17, 15) is 4.79 Å². The normalized spacial score (nSPS) is 10.0. The number of hydrogen-bond acceptors (Lipinski definition) is 2. The van der Waals surface area contributed by atoms with Crippen molar-refractivity contribution in [1.29, 1.82) is 0 Å². The zero-order valence-corrected chi connectivity index (χ0v) is 10.6. The summed E-state index contributed by atoms with van der Waals surface area (Å²) in [7, 11) is 6.00. The van der Waals surface area contributed by atoms with Crippen molar-refractivity contribution in [1.82, 2.24) is 4.90 Å². The molecule has 86 valence electrons. The lowest BCUT2D eigenvalue weighted by molar-refractivity contribution is -0.114. The molecule has 0 saturated heterocycles. The van der Waals surface area contributed by atoms with Gasteiger partial charge in [0.1, 0.15) is 0 Å². The molecule has 4 heteroatoms. The maximum absolute atomic E-state index is 10.4. The van der Waals surface area contributed by atoms with E-state index >= 15 is 0 Å². The molecular formula is C10H23ClN2O. The summed E-state index contributed by atoms with van der Waals surface area (Å²) in [6, 6.07) is 0. The molecule has 0 atom stereocenters. The molecule has 0 bridgehead atoms. The van der Waals surface area contributed by atoms with Gasteiger partial charge in [-0.15, -0.1) is 12.4 Å². The van der Waals surface area contributed by atoms with Crippen LogP contribution >= 0.6 is 12.4 Å². The van der Waals surface area contributed by atoms with Crippen molar-refractivity contribution in [2.75, 3.05) is 21.1 Å². The predicted molar refractivity (Wildman–Crippen MR) is 64.7 cm³/mol. The van der Waals surface area contributed by atoms with Crippen LogP contribution in [-0.2, 0) is 4.79 Å². The average Bonchev–Trinajstić information content (AvgIpc) is 1.98. The van der Waals surface area contributed by atoms with Gasteiger partial charge < -0.3 is 10.6 Å². The molecule has 3 nitrogen and oxygen atoms in total. The van der Waals surface area contributed by atoms with Gasteiger partial charge in [0.25, 0.3) is 0 Å². The first kappa shape index (κ1) is 19.1. The molecule has 0 saturated carbocycles. The third-order valence-electron chi connectivity index (χ3n) is 1.13. The van der Waals surface area contributed by atoms with E-state index in [4.69, 9.17) is 5.73 Å². The highest BCUT2D eigenvalue weighted by atomic mass is 35.5. The van der Waals surface area contributed by atoms with E-state index in [1.54, 1.807) is 6.92 Å². The van der Waals surface area contributed by atoms with E-state index in [2.05, 4.69) is 6.92 Å². The first-order valence-corrected chi connectivity index (χ1v) is 4.49. The highest BCUT2D eigenvalue weighted by Crippen LogP contribution is 1.95. The zero-order chi connectivity index (χ0) is 10.9. The minimum atomic E-state index is -0.316. The Hall–Kier alpha value is -0.540. The number of hydrogen-bond donors (Lipinski definition) is 1. The van der Waals surface area contributed by atoms with E-state index in [-0.39, 0.29) is 18.3 Å². The van der Waals surface area contributed by atoms with Crippen molar-refractivity contribution < 1.29 is 4.79 Å². The van der Waals surface area contributed by atoms with Gasteiger partial charge in [-0.1, -0.05) is 19.4 Å². The maximum Gasteiger partial charge on any atom is 0.244 e. The molecule has 0 spiro atoms. The number of carbonyl (C=O) groups is 1. The second-order valence-corrected chi connectivity index (χ2v) is 3.38. The van der Waals surface area contributed by atoms with Crippen molar-refractivity contribution in [3.63, 3.8) is 0 Å². The van der Waals surface area contributed by atoms with E-state index < -0.39 is 0 Å². The van der Waals surface area contributed by atoms with Crippen molar-refractivity contribution in [3.8, 4) is 0 Å². The summed E-state index contributed by atoms with van der Waals surface area (Å²) in [6.07, 6.45) is 3.86. The Morgan fingerprint density at radius 1 is 1.36 bits per heavy atom. The van der Waals surface area contributed by atoms with Gasteiger partial charge in [-0.25, -0.2) is 0 Å². The Morgan fingerprint density at radius 2 is 1.71 bits per heavy atom. The molecule has 14 heavy (non-hydrogen) atoms. The summed E-state index contributed by atoms with van der Waals surface area (Å²) in [4.78, 5) is 12.4. The fraction of sp³-hybridized carbons (Fsp3) is 0.700. The largest absolute Gasteiger partial charge is 0.366 e. The number of allylic oxidation sites excluding steroid dienone is 1. The number of unbranched alkanes of at least 4 members (excludes halogenated alkanes) is 1. The summed E-state index contributed by atoms with van der Waals surface area (Å²) < 4.78 is 0. The second-order valence-electron chi connectivity index (χ2n) is 3.38. The molecule has 0 radical (unpaired) electrons. The predicted octanol–water partition coefficient (Wildman–Crippen LogP) is 1.82. The Balaban J connectivity index is -0.000000209. The van der Waals surface area contributed by atoms with Crippen LogP contribution in [-0.4, -0.2) is 32.0 Å². The third-order valence-corrected chi connectivity index (χ3v) is 1.13. The lowest BCUT2D eigenvalue weighted by Gasteiger charge is -1.90. The molecule has 0 heterocycles. The number of rotatable bonds is 3. The molecule has 0 aromatic carbocycles. The van der Waals surface area contributed by atoms with Crippen LogP contribution in [0.2, 0.25) is 0 Å². The molecule has 0 aliphatic rings. The molecule has 0 aromatic heterocycles. The molecule has 1 amide bonds. The van der Waals surface area contributed by atoms with Gasteiger partial charge in [0, 0.05) is 5.57 Å². The van der Waals surface area contributed by atoms with Gasteiger partial charge in [-0.05, 0) is 34.5 Å². The second kappa shape index (κ2) is 12.5. The summed E-state index contributed by atoms with van der Waals surface area (Å²) in [5, 5.41) is 0. The van der Waals surface area contributed by atoms with Crippen LogP contribution < -0.4 is 5.73 Å². The first-order chi connectivity index (χ1) is 5.91. The highest BCUT2D eigenvalue weighted by Gasteiger charge is 1.93. The van der Waals surface area contributed by atoms with E-state index in [1.807, 2.05) is 32.1 Å². The van der Waals surface area contributed by atoms with Gasteiger partial charge in [-0.2, -0.15) is 0 Å². The van der Waals surface area contributed by atoms with Crippen molar-refractivity contribution in [3.05, 3.63) is 11.6 Å². The monoisotopic (exact) mass is 222 g/mol. The van der Waals surface area contributed by atoms with Crippen LogP contribution in [0.25, 0.3) is 0 Å². The zero-order valence-electron chi connectivity index (χ0n) is 9.83. The number of nitrogens with zero attached hydrogens (tertiary/aromatic N) is 1. The smallest absolute Gasteiger partial charge is 0.244 e. The van der Waals surface area contributed by atoms with E-state index in [0.717, 1.165) is 12.8 Å². The first-order valence-electron chi connectivity index (χ1n) is 4.49. The topological polar surface area (TPSA) is 46.3 Å². The summed E-state index contributed by atoms with van der Waals surface area (Å²) in [6.45, 7) is 3.79. The molecule has 0 aliphatic carbocycles. The molecule has 0 rings (SSSR count). The fourth-order valence-corrected chi connectivity index (χ4v) is 0.461. The lowest BCUT2D eigenvalue weighted by atomic mass is 10.2. The number of carbonyl (C=O) groups excluding carboxylic acids is 1. The van der Waals surface area contributed by atoms with E-state index in [1.165, 1.54) is 0 Å². The van der Waals surface area contributed by atoms with Crippen LogP contribution in [0.1, 0.15) is 26.7 Å². The van der Waals surface area contributed by atoms with Gasteiger partial charge in [-0.3, -0.25) is 4.79 Å². The average molecular weight is 223 g/mol. The Morgan fingerprint density at radius 3 is 1.93 bits per heavy atom. The van der Waals surface area contributed by atoms with Gasteiger partial charge >= 0.3 is 0 Å². The minimum absolute atomic E-state index is 0. The fourth-order valence-electron chi connectivity index (χ4n) is 0.461. The molecule has 0 fully saturated rings. The van der Waals surface area contributed by atoms with Crippen LogP contribution in [0.5, 0.6) is 0 Å². The van der Waals surface area contributed by atoms with Crippen LogP contribution in [0.15, 0.2) is 11.6 Å². The van der Waals surface area contributed by atoms with E-state index in [0.29, 0.717) is 5.57 Å². The molecular weight excluding hydrogens is 200 g/mol. The number of amides is 1. The highest BCUT2D eigenvalue weighted by molar-refractivity contribution is 5.91. The lowest BCUT2D eigenvalue weighted by Crippen LogP contribution is -2.11. The van der Waals surface area contributed by atoms with Crippen LogP contribution in [0.4, 0.5) is 0 Å². The maximum atomic E-state index is 10.4. The Kier molecular flexibility index (Phi) is 17.0. The SMILES string of the molecule is CCCC=C(C)C(N)=O.CN(C)C.Cl. The number of nitrogens with two attached hydrogens (primary N) is 1. The van der Waals surface area contributed by atoms with Crippen molar-refractivity contribution in [2.24, 2.45) is 5.73 Å². The van der Waals surface area contributed by atoms with Crippen LogP contribution in [0.3, 0.4) is 0 Å². The van der Waals surface area contributed by atoms with Crippen LogP contribution in [0, 0.1) is 0 Å². The molecule has 0 aromatic rings. The standard InChI is InChI=1S/C7H13NO.C3H9N.ClH/c1-3-4-5-6(2)7(8)9;1-4(2)3;/h5H,3-4H2,1-2H3,(H2,8,9);1-3H3;1H. The quantitative estimate of drug-likeness (QED) is 0.741. The summed E-state index contributed by atoms with van der Waals surface area (Å²) >= 11 is 0. The van der Waals surface area contributed by atoms with Gasteiger partial charge in [0.15, 0.2) is 0 Å². The van der Waals surface area contributed by atoms with Crippen molar-refractivity contribution >= 4 is 18.3 Å². The number of primary amides is 1. The van der Waals surface area contributed by atoms with Gasteiger partial charge in [0.2, 0.25) is 5.91 Å². The summed E-state index contributed by atoms with van der Waals surface area (Å²) in [5.41, 5.74) is 5.63. The Bertz CT molecular complexity index is 165. The molecule has 0 aliphatic heterocycles. The molecule has 2 N–H and O–H groups in total. The van der Waals surface area contributed by atoms with Gasteiger partial charge in [0.05, 0.1) is 0 Å². The minimum Gasteiger partial charge on any atom is -0.366 e. The summed E-state index contributed by atoms with van der Waals surface area (Å²) in [5.74, 6) is -0.316.